The molecule has 1 atom stereocenters. The van der Waals surface area contributed by atoms with Crippen LogP contribution in [0.3, 0.4) is 0 Å². The van der Waals surface area contributed by atoms with E-state index in [9.17, 15) is 18.3 Å². The highest BCUT2D eigenvalue weighted by Gasteiger charge is 2.39. The van der Waals surface area contributed by atoms with Crippen LogP contribution in [0.2, 0.25) is 0 Å². The summed E-state index contributed by atoms with van der Waals surface area (Å²) < 4.78 is 28.4. The van der Waals surface area contributed by atoms with Crippen LogP contribution in [0.1, 0.15) is 25.0 Å². The molecule has 1 N–H and O–H groups in total. The second-order valence-corrected chi connectivity index (χ2v) is 7.52. The standard InChI is InChI=1S/C15H18N4O4S/c1-11-13(10-17-19(11)14-7-2-4-8-16-14)24(22,23)18-9-5-3-6-12(18)15(20)21/h2,4,7-8,10,12H,3,5-6,9H2,1H3,(H,20,21). The van der Waals surface area contributed by atoms with Crippen molar-refractivity contribution in [3.8, 4) is 5.82 Å². The van der Waals surface area contributed by atoms with Crippen LogP contribution in [-0.4, -0.2) is 51.1 Å². The molecular formula is C15H18N4O4S. The van der Waals surface area contributed by atoms with Crippen LogP contribution in [-0.2, 0) is 14.8 Å². The quantitative estimate of drug-likeness (QED) is 0.888. The molecule has 3 heterocycles. The Morgan fingerprint density at radius 1 is 1.33 bits per heavy atom. The van der Waals surface area contributed by atoms with E-state index in [0.717, 1.165) is 4.31 Å². The molecule has 2 aromatic rings. The third kappa shape index (κ3) is 2.80. The van der Waals surface area contributed by atoms with Crippen molar-refractivity contribution in [3.63, 3.8) is 0 Å². The Hall–Kier alpha value is -2.26. The molecule has 1 saturated heterocycles. The molecule has 0 amide bonds. The lowest BCUT2D eigenvalue weighted by Gasteiger charge is -2.31. The summed E-state index contributed by atoms with van der Waals surface area (Å²) in [7, 11) is -3.93. The van der Waals surface area contributed by atoms with Crippen LogP contribution >= 0.6 is 0 Å². The number of sulfonamides is 1. The van der Waals surface area contributed by atoms with Gasteiger partial charge in [-0.15, -0.1) is 0 Å². The van der Waals surface area contributed by atoms with E-state index in [1.54, 1.807) is 31.3 Å². The number of hydrogen-bond acceptors (Lipinski definition) is 5. The highest BCUT2D eigenvalue weighted by atomic mass is 32.2. The van der Waals surface area contributed by atoms with Gasteiger partial charge in [0, 0.05) is 12.7 Å². The number of piperidine rings is 1. The summed E-state index contributed by atoms with van der Waals surface area (Å²) in [5.41, 5.74) is 0.406. The van der Waals surface area contributed by atoms with Gasteiger partial charge in [0.25, 0.3) is 0 Å². The van der Waals surface area contributed by atoms with Gasteiger partial charge >= 0.3 is 5.97 Å². The van der Waals surface area contributed by atoms with Crippen LogP contribution in [0.5, 0.6) is 0 Å². The maximum atomic E-state index is 13.0. The Kier molecular flexibility index (Phi) is 4.37. The maximum absolute atomic E-state index is 13.0. The van der Waals surface area contributed by atoms with Gasteiger partial charge in [-0.3, -0.25) is 4.79 Å². The largest absolute Gasteiger partial charge is 0.480 e. The van der Waals surface area contributed by atoms with Crippen molar-refractivity contribution in [2.75, 3.05) is 6.54 Å². The number of nitrogens with zero attached hydrogens (tertiary/aromatic N) is 4. The molecule has 0 aromatic carbocycles. The highest BCUT2D eigenvalue weighted by Crippen LogP contribution is 2.27. The molecule has 128 valence electrons. The summed E-state index contributed by atoms with van der Waals surface area (Å²) in [6.45, 7) is 1.84. The zero-order chi connectivity index (χ0) is 17.3. The first-order chi connectivity index (χ1) is 11.4. The van der Waals surface area contributed by atoms with E-state index in [1.807, 2.05) is 0 Å². The molecule has 0 saturated carbocycles. The predicted molar refractivity (Wildman–Crippen MR) is 85.3 cm³/mol. The average Bonchev–Trinajstić information content (AvgIpc) is 2.98. The van der Waals surface area contributed by atoms with Gasteiger partial charge in [0.2, 0.25) is 10.0 Å². The fraction of sp³-hybridized carbons (Fsp3) is 0.400. The minimum absolute atomic E-state index is 0.0151. The monoisotopic (exact) mass is 350 g/mol. The normalized spacial score (nSPS) is 19.3. The van der Waals surface area contributed by atoms with Gasteiger partial charge in [-0.1, -0.05) is 6.07 Å². The Labute approximate surface area is 139 Å². The Morgan fingerprint density at radius 2 is 2.12 bits per heavy atom. The minimum Gasteiger partial charge on any atom is -0.480 e. The SMILES string of the molecule is Cc1c(S(=O)(=O)N2CCCCC2C(=O)O)cnn1-c1ccccn1. The van der Waals surface area contributed by atoms with Crippen molar-refractivity contribution in [3.05, 3.63) is 36.3 Å². The van der Waals surface area contributed by atoms with E-state index >= 15 is 0 Å². The number of pyridine rings is 1. The molecule has 24 heavy (non-hydrogen) atoms. The Bertz CT molecular complexity index is 848. The Balaban J connectivity index is 2.02. The molecule has 0 aliphatic carbocycles. The van der Waals surface area contributed by atoms with E-state index in [0.29, 0.717) is 30.8 Å². The van der Waals surface area contributed by atoms with Crippen LogP contribution in [0, 0.1) is 6.92 Å². The van der Waals surface area contributed by atoms with Crippen molar-refractivity contribution in [1.29, 1.82) is 0 Å². The summed E-state index contributed by atoms with van der Waals surface area (Å²) in [4.78, 5) is 15.6. The topological polar surface area (TPSA) is 105 Å². The number of carbonyl (C=O) groups is 1. The summed E-state index contributed by atoms with van der Waals surface area (Å²) >= 11 is 0. The predicted octanol–water partition coefficient (Wildman–Crippen LogP) is 1.20. The van der Waals surface area contributed by atoms with Gasteiger partial charge in [0.05, 0.1) is 11.9 Å². The first-order valence-electron chi connectivity index (χ1n) is 7.63. The van der Waals surface area contributed by atoms with Crippen molar-refractivity contribution in [2.45, 2.75) is 37.1 Å². The number of hydrogen-bond donors (Lipinski definition) is 1. The van der Waals surface area contributed by atoms with Crippen molar-refractivity contribution in [1.82, 2.24) is 19.1 Å². The third-order valence-electron chi connectivity index (χ3n) is 4.16. The van der Waals surface area contributed by atoms with Gasteiger partial charge in [-0.2, -0.15) is 9.40 Å². The van der Waals surface area contributed by atoms with E-state index in [1.165, 1.54) is 10.9 Å². The summed E-state index contributed by atoms with van der Waals surface area (Å²) in [6, 6.07) is 4.23. The number of carboxylic acid groups (broad SMARTS) is 1. The fourth-order valence-electron chi connectivity index (χ4n) is 2.92. The first kappa shape index (κ1) is 16.6. The molecular weight excluding hydrogens is 332 g/mol. The van der Waals surface area contributed by atoms with Gasteiger partial charge in [0.1, 0.15) is 10.9 Å². The molecule has 1 aliphatic rings. The van der Waals surface area contributed by atoms with Gasteiger partial charge in [-0.05, 0) is 38.3 Å². The van der Waals surface area contributed by atoms with Gasteiger partial charge < -0.3 is 5.11 Å². The lowest BCUT2D eigenvalue weighted by atomic mass is 10.1. The number of aromatic nitrogens is 3. The van der Waals surface area contributed by atoms with E-state index < -0.39 is 22.0 Å². The van der Waals surface area contributed by atoms with E-state index in [4.69, 9.17) is 0 Å². The second-order valence-electron chi connectivity index (χ2n) is 5.66. The smallest absolute Gasteiger partial charge is 0.322 e. The summed E-state index contributed by atoms with van der Waals surface area (Å²) in [5, 5.41) is 13.5. The van der Waals surface area contributed by atoms with Gasteiger partial charge in [-0.25, -0.2) is 18.1 Å². The van der Waals surface area contributed by atoms with Crippen molar-refractivity contribution in [2.24, 2.45) is 0 Å². The van der Waals surface area contributed by atoms with Gasteiger partial charge in [0.15, 0.2) is 5.82 Å². The van der Waals surface area contributed by atoms with E-state index in [-0.39, 0.29) is 11.4 Å². The molecule has 0 bridgehead atoms. The zero-order valence-electron chi connectivity index (χ0n) is 13.2. The molecule has 2 aromatic heterocycles. The zero-order valence-corrected chi connectivity index (χ0v) is 14.0. The maximum Gasteiger partial charge on any atom is 0.322 e. The molecule has 3 rings (SSSR count). The number of rotatable bonds is 4. The molecule has 1 aliphatic heterocycles. The second kappa shape index (κ2) is 6.33. The first-order valence-corrected chi connectivity index (χ1v) is 9.07. The minimum atomic E-state index is -3.93. The van der Waals surface area contributed by atoms with Crippen molar-refractivity contribution < 1.29 is 18.3 Å². The average molecular weight is 350 g/mol. The lowest BCUT2D eigenvalue weighted by Crippen LogP contribution is -2.47. The molecule has 1 unspecified atom stereocenters. The van der Waals surface area contributed by atoms with Crippen LogP contribution in [0.4, 0.5) is 0 Å². The molecule has 9 heteroatoms. The molecule has 8 nitrogen and oxygen atoms in total. The van der Waals surface area contributed by atoms with Crippen LogP contribution in [0.15, 0.2) is 35.5 Å². The Morgan fingerprint density at radius 3 is 2.79 bits per heavy atom. The fourth-order valence-corrected chi connectivity index (χ4v) is 4.72. The summed E-state index contributed by atoms with van der Waals surface area (Å²) in [5.74, 6) is -0.613. The third-order valence-corrected chi connectivity index (χ3v) is 6.17. The molecule has 1 fully saturated rings. The molecule has 0 radical (unpaired) electrons. The molecule has 0 spiro atoms. The van der Waals surface area contributed by atoms with Crippen molar-refractivity contribution >= 4 is 16.0 Å². The number of carboxylic acids is 1. The van der Waals surface area contributed by atoms with Crippen LogP contribution in [0.25, 0.3) is 5.82 Å². The summed E-state index contributed by atoms with van der Waals surface area (Å²) in [6.07, 6.45) is 4.52. The lowest BCUT2D eigenvalue weighted by molar-refractivity contribution is -0.142. The van der Waals surface area contributed by atoms with Crippen LogP contribution < -0.4 is 0 Å². The van der Waals surface area contributed by atoms with E-state index in [2.05, 4.69) is 10.1 Å². The highest BCUT2D eigenvalue weighted by molar-refractivity contribution is 7.89. The number of aliphatic carboxylic acids is 1.